The van der Waals surface area contributed by atoms with Crippen molar-refractivity contribution in [2.24, 2.45) is 0 Å². The standard InChI is InChI=1S/C12H9F2N3O4/c1-21-5-6-4-9(18)16-12(15-6)10-7(13)2-3-8(11(10)14)17(19)20/h2-4H,5H2,1H3,(H,15,16,18). The molecule has 9 heteroatoms. The van der Waals surface area contributed by atoms with Gasteiger partial charge in [0, 0.05) is 19.2 Å². The first kappa shape index (κ1) is 14.7. The van der Waals surface area contributed by atoms with Crippen molar-refractivity contribution in [1.82, 2.24) is 9.97 Å². The molecule has 7 nitrogen and oxygen atoms in total. The van der Waals surface area contributed by atoms with Crippen LogP contribution in [0.4, 0.5) is 14.5 Å². The Balaban J connectivity index is 2.69. The van der Waals surface area contributed by atoms with Crippen LogP contribution in [0.1, 0.15) is 5.69 Å². The van der Waals surface area contributed by atoms with Crippen LogP contribution in [-0.2, 0) is 11.3 Å². The number of hydrogen-bond acceptors (Lipinski definition) is 5. The molecular formula is C12H9F2N3O4. The Morgan fingerprint density at radius 3 is 2.76 bits per heavy atom. The SMILES string of the molecule is COCc1cc(=O)[nH]c(-c2c(F)ccc([N+](=O)[O-])c2F)n1. The van der Waals surface area contributed by atoms with Gasteiger partial charge in [0.15, 0.2) is 0 Å². The van der Waals surface area contributed by atoms with E-state index >= 15 is 0 Å². The number of nitro groups is 1. The average Bonchev–Trinajstić information content (AvgIpc) is 2.38. The fourth-order valence-corrected chi connectivity index (χ4v) is 1.75. The molecule has 110 valence electrons. The summed E-state index contributed by atoms with van der Waals surface area (Å²) in [6, 6.07) is 2.53. The largest absolute Gasteiger partial charge is 0.378 e. The number of methoxy groups -OCH3 is 1. The third-order valence-corrected chi connectivity index (χ3v) is 2.59. The lowest BCUT2D eigenvalue weighted by Crippen LogP contribution is -2.12. The highest BCUT2D eigenvalue weighted by molar-refractivity contribution is 5.61. The predicted octanol–water partition coefficient (Wildman–Crippen LogP) is 1.77. The number of H-pyrrole nitrogens is 1. The molecule has 0 saturated heterocycles. The number of halogens is 2. The Bertz CT molecular complexity index is 761. The van der Waals surface area contributed by atoms with E-state index in [1.807, 2.05) is 0 Å². The number of nitro benzene ring substituents is 1. The molecule has 1 aromatic carbocycles. The van der Waals surface area contributed by atoms with E-state index in [0.29, 0.717) is 6.07 Å². The zero-order valence-corrected chi connectivity index (χ0v) is 10.7. The molecule has 0 unspecified atom stereocenters. The van der Waals surface area contributed by atoms with Crippen molar-refractivity contribution >= 4 is 5.69 Å². The maximum atomic E-state index is 14.0. The molecule has 0 aliphatic heterocycles. The molecule has 1 aromatic heterocycles. The molecule has 0 atom stereocenters. The molecule has 1 N–H and O–H groups in total. The highest BCUT2D eigenvalue weighted by Crippen LogP contribution is 2.29. The number of nitrogens with one attached hydrogen (secondary N) is 1. The van der Waals surface area contributed by atoms with Crippen molar-refractivity contribution in [3.05, 3.63) is 56.0 Å². The van der Waals surface area contributed by atoms with Gasteiger partial charge in [0.25, 0.3) is 5.56 Å². The molecule has 0 aliphatic carbocycles. The first-order valence-corrected chi connectivity index (χ1v) is 5.66. The van der Waals surface area contributed by atoms with Crippen LogP contribution < -0.4 is 5.56 Å². The van der Waals surface area contributed by atoms with Crippen molar-refractivity contribution < 1.29 is 18.4 Å². The molecular weight excluding hydrogens is 288 g/mol. The third kappa shape index (κ3) is 2.92. The molecule has 0 fully saturated rings. The molecule has 2 rings (SSSR count). The summed E-state index contributed by atoms with van der Waals surface area (Å²) in [6.07, 6.45) is 0. The second-order valence-electron chi connectivity index (χ2n) is 4.03. The Hall–Kier alpha value is -2.68. The van der Waals surface area contributed by atoms with E-state index in [1.54, 1.807) is 0 Å². The van der Waals surface area contributed by atoms with Crippen LogP contribution >= 0.6 is 0 Å². The number of aromatic nitrogens is 2. The highest BCUT2D eigenvalue weighted by Gasteiger charge is 2.24. The smallest absolute Gasteiger partial charge is 0.305 e. The molecule has 0 amide bonds. The van der Waals surface area contributed by atoms with Gasteiger partial charge in [-0.1, -0.05) is 0 Å². The van der Waals surface area contributed by atoms with E-state index < -0.39 is 39.2 Å². The number of hydrogen-bond donors (Lipinski definition) is 1. The van der Waals surface area contributed by atoms with Gasteiger partial charge in [0.2, 0.25) is 5.82 Å². The van der Waals surface area contributed by atoms with Gasteiger partial charge in [0.05, 0.1) is 22.8 Å². The van der Waals surface area contributed by atoms with E-state index in [2.05, 4.69) is 9.97 Å². The Kier molecular flexibility index (Phi) is 4.03. The van der Waals surface area contributed by atoms with Crippen LogP contribution in [0.15, 0.2) is 23.0 Å². The third-order valence-electron chi connectivity index (χ3n) is 2.59. The second-order valence-corrected chi connectivity index (χ2v) is 4.03. The molecule has 0 radical (unpaired) electrons. The lowest BCUT2D eigenvalue weighted by atomic mass is 10.1. The first-order valence-electron chi connectivity index (χ1n) is 5.66. The zero-order chi connectivity index (χ0) is 15.6. The van der Waals surface area contributed by atoms with Crippen LogP contribution in [0.5, 0.6) is 0 Å². The number of benzene rings is 1. The van der Waals surface area contributed by atoms with E-state index in [1.165, 1.54) is 7.11 Å². The van der Waals surface area contributed by atoms with Crippen LogP contribution in [0, 0.1) is 21.7 Å². The predicted molar refractivity (Wildman–Crippen MR) is 67.6 cm³/mol. The highest BCUT2D eigenvalue weighted by atomic mass is 19.1. The van der Waals surface area contributed by atoms with Gasteiger partial charge in [-0.2, -0.15) is 4.39 Å². The summed E-state index contributed by atoms with van der Waals surface area (Å²) in [4.78, 5) is 27.1. The van der Waals surface area contributed by atoms with Crippen molar-refractivity contribution in [2.75, 3.05) is 7.11 Å². The van der Waals surface area contributed by atoms with E-state index in [9.17, 15) is 23.7 Å². The molecule has 0 bridgehead atoms. The minimum Gasteiger partial charge on any atom is -0.378 e. The summed E-state index contributed by atoms with van der Waals surface area (Å²) in [5, 5.41) is 10.7. The minimum atomic E-state index is -1.40. The van der Waals surface area contributed by atoms with E-state index in [0.717, 1.165) is 12.1 Å². The van der Waals surface area contributed by atoms with Gasteiger partial charge < -0.3 is 9.72 Å². The van der Waals surface area contributed by atoms with Crippen LogP contribution in [0.3, 0.4) is 0 Å². The van der Waals surface area contributed by atoms with E-state index in [-0.39, 0.29) is 12.3 Å². The molecule has 21 heavy (non-hydrogen) atoms. The molecule has 1 heterocycles. The summed E-state index contributed by atoms with van der Waals surface area (Å²) in [5.41, 5.74) is -2.19. The van der Waals surface area contributed by atoms with Crippen LogP contribution in [-0.4, -0.2) is 22.0 Å². The topological polar surface area (TPSA) is 98.1 Å². The number of ether oxygens (including phenoxy) is 1. The minimum absolute atomic E-state index is 0.0465. The van der Waals surface area contributed by atoms with Gasteiger partial charge in [-0.05, 0) is 6.07 Å². The first-order chi connectivity index (χ1) is 9.93. The van der Waals surface area contributed by atoms with Crippen LogP contribution in [0.25, 0.3) is 11.4 Å². The maximum absolute atomic E-state index is 14.0. The normalized spacial score (nSPS) is 10.6. The zero-order valence-electron chi connectivity index (χ0n) is 10.7. The summed E-state index contributed by atoms with van der Waals surface area (Å²) < 4.78 is 32.6. The Morgan fingerprint density at radius 1 is 1.43 bits per heavy atom. The number of nitrogens with zero attached hydrogens (tertiary/aromatic N) is 2. The van der Waals surface area contributed by atoms with Gasteiger partial charge >= 0.3 is 5.69 Å². The number of aromatic amines is 1. The van der Waals surface area contributed by atoms with Crippen molar-refractivity contribution in [3.8, 4) is 11.4 Å². The molecule has 2 aromatic rings. The van der Waals surface area contributed by atoms with Crippen molar-refractivity contribution in [1.29, 1.82) is 0 Å². The maximum Gasteiger partial charge on any atom is 0.305 e. The molecule has 0 saturated carbocycles. The fourth-order valence-electron chi connectivity index (χ4n) is 1.75. The van der Waals surface area contributed by atoms with E-state index in [4.69, 9.17) is 4.74 Å². The molecule has 0 spiro atoms. The fraction of sp³-hybridized carbons (Fsp3) is 0.167. The quantitative estimate of drug-likeness (QED) is 0.685. The Morgan fingerprint density at radius 2 is 2.14 bits per heavy atom. The van der Waals surface area contributed by atoms with Gasteiger partial charge in [-0.15, -0.1) is 0 Å². The van der Waals surface area contributed by atoms with Crippen molar-refractivity contribution in [2.45, 2.75) is 6.61 Å². The summed E-state index contributed by atoms with van der Waals surface area (Å²) in [5.74, 6) is -2.92. The summed E-state index contributed by atoms with van der Waals surface area (Å²) >= 11 is 0. The lowest BCUT2D eigenvalue weighted by molar-refractivity contribution is -0.387. The lowest BCUT2D eigenvalue weighted by Gasteiger charge is -2.06. The van der Waals surface area contributed by atoms with Gasteiger partial charge in [0.1, 0.15) is 11.6 Å². The Labute approximate surface area is 116 Å². The van der Waals surface area contributed by atoms with Crippen LogP contribution in [0.2, 0.25) is 0 Å². The monoisotopic (exact) mass is 297 g/mol. The summed E-state index contributed by atoms with van der Waals surface area (Å²) in [7, 11) is 1.36. The van der Waals surface area contributed by atoms with Crippen molar-refractivity contribution in [3.63, 3.8) is 0 Å². The average molecular weight is 297 g/mol. The number of rotatable bonds is 4. The van der Waals surface area contributed by atoms with Gasteiger partial charge in [-0.25, -0.2) is 9.37 Å². The van der Waals surface area contributed by atoms with Gasteiger partial charge in [-0.3, -0.25) is 14.9 Å². The summed E-state index contributed by atoms with van der Waals surface area (Å²) in [6.45, 7) is -0.0465. The molecule has 0 aliphatic rings. The second kappa shape index (κ2) is 5.75.